The molecule has 134 valence electrons. The number of nitrogens with two attached hydrogens (primary N) is 1. The fraction of sp³-hybridized carbons (Fsp3) is 0.643. The van der Waals surface area contributed by atoms with Gasteiger partial charge in [-0.3, -0.25) is 9.36 Å². The van der Waals surface area contributed by atoms with Crippen LogP contribution in [0.2, 0.25) is 0 Å². The predicted octanol–water partition coefficient (Wildman–Crippen LogP) is 1.85. The van der Waals surface area contributed by atoms with E-state index in [2.05, 4.69) is 20.9 Å². The third-order valence-corrected chi connectivity index (χ3v) is 3.90. The lowest BCUT2D eigenvalue weighted by Gasteiger charge is -2.26. The molecule has 0 spiro atoms. The lowest BCUT2D eigenvalue weighted by Crippen LogP contribution is -2.45. The van der Waals surface area contributed by atoms with E-state index in [0.29, 0.717) is 4.57 Å². The summed E-state index contributed by atoms with van der Waals surface area (Å²) in [6.45, 7) is 4.58. The summed E-state index contributed by atoms with van der Waals surface area (Å²) in [6, 6.07) is 1.21. The highest BCUT2D eigenvalue weighted by Crippen LogP contribution is 2.45. The third-order valence-electron chi connectivity index (χ3n) is 3.58. The highest BCUT2D eigenvalue weighted by molar-refractivity contribution is 9.10. The van der Waals surface area contributed by atoms with Gasteiger partial charge in [-0.05, 0) is 26.3 Å². The number of nitrogens with zero attached hydrogens (tertiary/aromatic N) is 2. The first-order chi connectivity index (χ1) is 11.0. The molecule has 1 fully saturated rings. The zero-order valence-corrected chi connectivity index (χ0v) is 14.9. The molecule has 1 aliphatic rings. The van der Waals surface area contributed by atoms with Gasteiger partial charge >= 0.3 is 17.6 Å². The van der Waals surface area contributed by atoms with E-state index in [1.807, 2.05) is 0 Å². The highest BCUT2D eigenvalue weighted by Gasteiger charge is 2.62. The molecular formula is C14H18BrF2N3O4. The molecule has 1 saturated heterocycles. The van der Waals surface area contributed by atoms with E-state index < -0.39 is 40.3 Å². The zero-order valence-electron chi connectivity index (χ0n) is 13.3. The molecule has 10 heteroatoms. The molecule has 0 aromatic carbocycles. The predicted molar refractivity (Wildman–Crippen MR) is 84.9 cm³/mol. The number of hydrogen-bond donors (Lipinski definition) is 1. The molecule has 0 amide bonds. The monoisotopic (exact) mass is 409 g/mol. The van der Waals surface area contributed by atoms with E-state index in [-0.39, 0.29) is 12.2 Å². The van der Waals surface area contributed by atoms with Crippen molar-refractivity contribution in [1.29, 1.82) is 0 Å². The summed E-state index contributed by atoms with van der Waals surface area (Å²) in [5.74, 6) is -4.55. The average molecular weight is 410 g/mol. The topological polar surface area (TPSA) is 96.4 Å². The van der Waals surface area contributed by atoms with Crippen LogP contribution in [0.4, 0.5) is 14.6 Å². The second-order valence-corrected chi connectivity index (χ2v) is 7.93. The van der Waals surface area contributed by atoms with Crippen LogP contribution in [0, 0.1) is 0 Å². The molecule has 2 rings (SSSR count). The number of nitrogen functional groups attached to an aromatic ring is 1. The molecule has 2 heterocycles. The van der Waals surface area contributed by atoms with Crippen LogP contribution in [0.1, 0.15) is 33.4 Å². The van der Waals surface area contributed by atoms with Crippen LogP contribution >= 0.6 is 15.9 Å². The van der Waals surface area contributed by atoms with Crippen molar-refractivity contribution in [2.45, 2.75) is 55.9 Å². The molecule has 3 atom stereocenters. The first-order valence-corrected chi connectivity index (χ1v) is 8.05. The quantitative estimate of drug-likeness (QED) is 0.601. The maximum Gasteiger partial charge on any atom is 0.351 e. The fourth-order valence-corrected chi connectivity index (χ4v) is 2.39. The van der Waals surface area contributed by atoms with E-state index >= 15 is 0 Å². The Morgan fingerprint density at radius 3 is 2.71 bits per heavy atom. The Kier molecular flexibility index (Phi) is 5.01. The van der Waals surface area contributed by atoms with E-state index in [0.717, 1.165) is 6.20 Å². The minimum Gasteiger partial charge on any atom is -0.452 e. The van der Waals surface area contributed by atoms with E-state index in [9.17, 15) is 18.4 Å². The SMILES string of the molecule is CC[C@H]1OC(n2ccc(N)nc2=O)C(F)(F)[C@H]1OC(=O)C(C)(C)Br. The van der Waals surface area contributed by atoms with Crippen LogP contribution in [-0.4, -0.2) is 38.0 Å². The average Bonchev–Trinajstić information content (AvgIpc) is 2.70. The maximum atomic E-state index is 14.8. The molecule has 0 bridgehead atoms. The third kappa shape index (κ3) is 3.44. The Bertz CT molecular complexity index is 689. The van der Waals surface area contributed by atoms with Crippen molar-refractivity contribution in [2.24, 2.45) is 0 Å². The molecule has 7 nitrogen and oxygen atoms in total. The maximum absolute atomic E-state index is 14.8. The van der Waals surface area contributed by atoms with Crippen molar-refractivity contribution in [1.82, 2.24) is 9.55 Å². The molecule has 24 heavy (non-hydrogen) atoms. The Morgan fingerprint density at radius 1 is 1.58 bits per heavy atom. The van der Waals surface area contributed by atoms with Crippen LogP contribution in [0.3, 0.4) is 0 Å². The van der Waals surface area contributed by atoms with Gasteiger partial charge in [0.05, 0.1) is 0 Å². The van der Waals surface area contributed by atoms with E-state index in [1.54, 1.807) is 6.92 Å². The largest absolute Gasteiger partial charge is 0.452 e. The molecule has 2 N–H and O–H groups in total. The Balaban J connectivity index is 2.37. The van der Waals surface area contributed by atoms with Gasteiger partial charge in [-0.1, -0.05) is 22.9 Å². The number of carbonyl (C=O) groups excluding carboxylic acids is 1. The summed E-state index contributed by atoms with van der Waals surface area (Å²) in [4.78, 5) is 27.2. The van der Waals surface area contributed by atoms with Crippen molar-refractivity contribution in [3.8, 4) is 0 Å². The number of rotatable bonds is 4. The van der Waals surface area contributed by atoms with Crippen molar-refractivity contribution >= 4 is 27.7 Å². The Labute approximate surface area is 145 Å². The van der Waals surface area contributed by atoms with Crippen LogP contribution in [-0.2, 0) is 14.3 Å². The van der Waals surface area contributed by atoms with Gasteiger partial charge in [0.15, 0.2) is 6.10 Å². The second kappa shape index (κ2) is 6.40. The normalized spacial score (nSPS) is 26.3. The van der Waals surface area contributed by atoms with E-state index in [4.69, 9.17) is 15.2 Å². The van der Waals surface area contributed by atoms with Crippen molar-refractivity contribution < 1.29 is 23.0 Å². The van der Waals surface area contributed by atoms with Crippen molar-refractivity contribution in [2.75, 3.05) is 5.73 Å². The molecule has 1 aromatic rings. The number of aromatic nitrogens is 2. The van der Waals surface area contributed by atoms with Gasteiger partial charge in [0.2, 0.25) is 6.23 Å². The summed E-state index contributed by atoms with van der Waals surface area (Å²) in [7, 11) is 0. The Hall–Kier alpha value is -1.55. The first-order valence-electron chi connectivity index (χ1n) is 7.26. The van der Waals surface area contributed by atoms with Crippen LogP contribution < -0.4 is 11.4 Å². The summed E-state index contributed by atoms with van der Waals surface area (Å²) in [5, 5.41) is 0. The molecule has 1 aromatic heterocycles. The minimum absolute atomic E-state index is 0.0892. The number of halogens is 3. The molecule has 0 saturated carbocycles. The minimum atomic E-state index is -3.61. The highest BCUT2D eigenvalue weighted by atomic mass is 79.9. The lowest BCUT2D eigenvalue weighted by atomic mass is 10.1. The van der Waals surface area contributed by atoms with Crippen LogP contribution in [0.5, 0.6) is 0 Å². The van der Waals surface area contributed by atoms with Gasteiger partial charge in [-0.15, -0.1) is 0 Å². The summed E-state index contributed by atoms with van der Waals surface area (Å²) < 4.78 is 39.4. The zero-order chi connectivity index (χ0) is 18.3. The summed E-state index contributed by atoms with van der Waals surface area (Å²) >= 11 is 3.07. The van der Waals surface area contributed by atoms with Gasteiger partial charge in [0.25, 0.3) is 0 Å². The second-order valence-electron chi connectivity index (χ2n) is 5.95. The lowest BCUT2D eigenvalue weighted by molar-refractivity contribution is -0.177. The number of hydrogen-bond acceptors (Lipinski definition) is 6. The Morgan fingerprint density at radius 2 is 2.21 bits per heavy atom. The molecular weight excluding hydrogens is 392 g/mol. The number of esters is 1. The summed E-state index contributed by atoms with van der Waals surface area (Å²) in [5.41, 5.74) is 4.39. The molecule has 0 radical (unpaired) electrons. The van der Waals surface area contributed by atoms with Gasteiger partial charge in [0, 0.05) is 6.20 Å². The van der Waals surface area contributed by atoms with Gasteiger partial charge in [-0.25, -0.2) is 4.79 Å². The molecule has 0 aliphatic carbocycles. The van der Waals surface area contributed by atoms with Crippen LogP contribution in [0.25, 0.3) is 0 Å². The van der Waals surface area contributed by atoms with Crippen molar-refractivity contribution in [3.63, 3.8) is 0 Å². The van der Waals surface area contributed by atoms with Gasteiger partial charge < -0.3 is 15.2 Å². The number of carbonyl (C=O) groups is 1. The fourth-order valence-electron chi connectivity index (χ4n) is 2.29. The van der Waals surface area contributed by atoms with Crippen molar-refractivity contribution in [3.05, 3.63) is 22.7 Å². The van der Waals surface area contributed by atoms with Crippen LogP contribution in [0.15, 0.2) is 17.1 Å². The summed E-state index contributed by atoms with van der Waals surface area (Å²) in [6.07, 6.45) is -3.56. The number of alkyl halides is 3. The molecule has 1 aliphatic heterocycles. The van der Waals surface area contributed by atoms with E-state index in [1.165, 1.54) is 19.9 Å². The van der Waals surface area contributed by atoms with Gasteiger partial charge in [0.1, 0.15) is 16.2 Å². The standard InChI is InChI=1S/C14H18BrF2N3O4/c1-4-7-9(24-11(21)13(2,3)15)14(16,17)10(23-7)20-6-5-8(18)19-12(20)22/h5-7,9-10H,4H2,1-3H3,(H2,18,19,22)/t7-,9+,10?/m1/s1. The number of ether oxygens (including phenoxy) is 2. The van der Waals surface area contributed by atoms with Gasteiger partial charge in [-0.2, -0.15) is 13.8 Å². The first kappa shape index (κ1) is 18.8. The smallest absolute Gasteiger partial charge is 0.351 e. The number of anilines is 1. The molecule has 1 unspecified atom stereocenters.